The van der Waals surface area contributed by atoms with Gasteiger partial charge in [-0.25, -0.2) is 0 Å². The van der Waals surface area contributed by atoms with Crippen molar-refractivity contribution in [1.82, 2.24) is 4.68 Å². The highest BCUT2D eigenvalue weighted by molar-refractivity contribution is 6.31. The first-order valence-corrected chi connectivity index (χ1v) is 5.37. The normalized spacial score (nSPS) is 10.1. The van der Waals surface area contributed by atoms with Crippen molar-refractivity contribution in [2.45, 2.75) is 6.54 Å². The minimum absolute atomic E-state index is 0.623. The molecule has 0 aliphatic carbocycles. The van der Waals surface area contributed by atoms with Crippen LogP contribution in [0.15, 0.2) is 42.7 Å². The molecule has 1 aromatic carbocycles. The van der Waals surface area contributed by atoms with Crippen LogP contribution in [-0.2, 0) is 6.54 Å². The molecule has 1 aromatic heterocycles. The maximum atomic E-state index is 6.12. The lowest BCUT2D eigenvalue weighted by Crippen LogP contribution is -2.12. The summed E-state index contributed by atoms with van der Waals surface area (Å²) in [7, 11) is 1.64. The molecule has 0 aliphatic heterocycles. The lowest BCUT2D eigenvalue weighted by atomic mass is 10.2. The van der Waals surface area contributed by atoms with Crippen LogP contribution in [-0.4, -0.2) is 11.8 Å². The van der Waals surface area contributed by atoms with Crippen LogP contribution in [0.1, 0.15) is 5.56 Å². The standard InChI is InChI=1S/C12H13ClN2O/c1-16-12-6-4-5-11(13)10(12)9-14-15-7-2-3-8-15/h2-8,14H,9H2,1H3. The number of aromatic nitrogens is 1. The lowest BCUT2D eigenvalue weighted by Gasteiger charge is -2.12. The molecule has 0 unspecified atom stereocenters. The predicted molar refractivity (Wildman–Crippen MR) is 65.5 cm³/mol. The van der Waals surface area contributed by atoms with E-state index in [2.05, 4.69) is 5.43 Å². The van der Waals surface area contributed by atoms with Gasteiger partial charge in [0.05, 0.1) is 13.7 Å². The zero-order valence-corrected chi connectivity index (χ0v) is 9.74. The Kier molecular flexibility index (Phi) is 3.37. The van der Waals surface area contributed by atoms with Crippen LogP contribution < -0.4 is 10.2 Å². The van der Waals surface area contributed by atoms with E-state index >= 15 is 0 Å². The molecule has 0 fully saturated rings. The Hall–Kier alpha value is -1.61. The van der Waals surface area contributed by atoms with Crippen molar-refractivity contribution in [3.05, 3.63) is 53.3 Å². The van der Waals surface area contributed by atoms with Crippen molar-refractivity contribution in [1.29, 1.82) is 0 Å². The average molecular weight is 237 g/mol. The van der Waals surface area contributed by atoms with E-state index < -0.39 is 0 Å². The van der Waals surface area contributed by atoms with E-state index in [1.165, 1.54) is 0 Å². The van der Waals surface area contributed by atoms with E-state index in [1.54, 1.807) is 7.11 Å². The molecule has 1 heterocycles. The molecule has 2 rings (SSSR count). The largest absolute Gasteiger partial charge is 0.496 e. The van der Waals surface area contributed by atoms with Gasteiger partial charge in [0.1, 0.15) is 5.75 Å². The number of hydrogen-bond donors (Lipinski definition) is 1. The third-order valence-corrected chi connectivity index (χ3v) is 2.69. The molecule has 0 bridgehead atoms. The number of ether oxygens (including phenoxy) is 1. The molecular weight excluding hydrogens is 224 g/mol. The second-order valence-electron chi connectivity index (χ2n) is 3.35. The lowest BCUT2D eigenvalue weighted by molar-refractivity contribution is 0.410. The number of benzene rings is 1. The second-order valence-corrected chi connectivity index (χ2v) is 3.75. The number of halogens is 1. The average Bonchev–Trinajstić information content (AvgIpc) is 2.80. The Morgan fingerprint density at radius 1 is 1.25 bits per heavy atom. The van der Waals surface area contributed by atoms with Crippen LogP contribution >= 0.6 is 11.6 Å². The van der Waals surface area contributed by atoms with E-state index in [0.29, 0.717) is 11.6 Å². The van der Waals surface area contributed by atoms with Gasteiger partial charge in [0, 0.05) is 23.0 Å². The van der Waals surface area contributed by atoms with Gasteiger partial charge in [0.15, 0.2) is 0 Å². The smallest absolute Gasteiger partial charge is 0.125 e. The summed E-state index contributed by atoms with van der Waals surface area (Å²) in [4.78, 5) is 0. The van der Waals surface area contributed by atoms with E-state index in [4.69, 9.17) is 16.3 Å². The topological polar surface area (TPSA) is 26.2 Å². The third-order valence-electron chi connectivity index (χ3n) is 2.34. The van der Waals surface area contributed by atoms with Crippen molar-refractivity contribution in [2.24, 2.45) is 0 Å². The number of nitrogens with one attached hydrogen (secondary N) is 1. The van der Waals surface area contributed by atoms with E-state index in [9.17, 15) is 0 Å². The fraction of sp³-hybridized carbons (Fsp3) is 0.167. The molecule has 0 saturated carbocycles. The van der Waals surface area contributed by atoms with Gasteiger partial charge < -0.3 is 10.2 Å². The van der Waals surface area contributed by atoms with Gasteiger partial charge in [-0.15, -0.1) is 0 Å². The molecule has 1 N–H and O–H groups in total. The quantitative estimate of drug-likeness (QED) is 0.884. The fourth-order valence-corrected chi connectivity index (χ4v) is 1.74. The van der Waals surface area contributed by atoms with Gasteiger partial charge in [-0.2, -0.15) is 0 Å². The SMILES string of the molecule is COc1cccc(Cl)c1CNn1cccc1. The third kappa shape index (κ3) is 2.31. The van der Waals surface area contributed by atoms with Crippen LogP contribution in [0, 0.1) is 0 Å². The highest BCUT2D eigenvalue weighted by Crippen LogP contribution is 2.25. The number of rotatable bonds is 4. The molecule has 4 heteroatoms. The summed E-state index contributed by atoms with van der Waals surface area (Å²) in [6.07, 6.45) is 3.87. The Bertz CT molecular complexity index is 454. The summed E-state index contributed by atoms with van der Waals surface area (Å²) < 4.78 is 7.14. The van der Waals surface area contributed by atoms with Crippen molar-refractivity contribution < 1.29 is 4.74 Å². The summed E-state index contributed by atoms with van der Waals surface area (Å²) in [6.45, 7) is 0.623. The van der Waals surface area contributed by atoms with Crippen molar-refractivity contribution in [3.63, 3.8) is 0 Å². The van der Waals surface area contributed by atoms with Crippen LogP contribution in [0.25, 0.3) is 0 Å². The maximum Gasteiger partial charge on any atom is 0.125 e. The Morgan fingerprint density at radius 3 is 2.69 bits per heavy atom. The molecule has 0 radical (unpaired) electrons. The Morgan fingerprint density at radius 2 is 2.00 bits per heavy atom. The molecule has 0 spiro atoms. The van der Waals surface area contributed by atoms with Gasteiger partial charge in [0.25, 0.3) is 0 Å². The van der Waals surface area contributed by atoms with Crippen molar-refractivity contribution in [3.8, 4) is 5.75 Å². The number of methoxy groups -OCH3 is 1. The van der Waals surface area contributed by atoms with Gasteiger partial charge >= 0.3 is 0 Å². The van der Waals surface area contributed by atoms with Crippen molar-refractivity contribution >= 4 is 11.6 Å². The van der Waals surface area contributed by atoms with Crippen LogP contribution in [0.3, 0.4) is 0 Å². The number of nitrogens with zero attached hydrogens (tertiary/aromatic N) is 1. The second kappa shape index (κ2) is 4.94. The zero-order valence-electron chi connectivity index (χ0n) is 8.98. The molecule has 0 aliphatic rings. The maximum absolute atomic E-state index is 6.12. The van der Waals surface area contributed by atoms with Gasteiger partial charge in [-0.05, 0) is 24.3 Å². The van der Waals surface area contributed by atoms with E-state index in [0.717, 1.165) is 11.3 Å². The summed E-state index contributed by atoms with van der Waals surface area (Å²) in [5, 5.41) is 0.707. The monoisotopic (exact) mass is 236 g/mol. The van der Waals surface area contributed by atoms with Gasteiger partial charge in [-0.3, -0.25) is 4.68 Å². The molecule has 0 saturated heterocycles. The highest BCUT2D eigenvalue weighted by Gasteiger charge is 2.06. The van der Waals surface area contributed by atoms with Gasteiger partial charge in [-0.1, -0.05) is 17.7 Å². The minimum Gasteiger partial charge on any atom is -0.496 e. The fourth-order valence-electron chi connectivity index (χ4n) is 1.51. The van der Waals surface area contributed by atoms with Crippen molar-refractivity contribution in [2.75, 3.05) is 12.5 Å². The molecular formula is C12H13ClN2O. The van der Waals surface area contributed by atoms with E-state index in [-0.39, 0.29) is 0 Å². The molecule has 0 atom stereocenters. The molecule has 2 aromatic rings. The van der Waals surface area contributed by atoms with Crippen LogP contribution in [0.2, 0.25) is 5.02 Å². The molecule has 0 amide bonds. The summed E-state index contributed by atoms with van der Waals surface area (Å²) in [6, 6.07) is 9.54. The summed E-state index contributed by atoms with van der Waals surface area (Å²) >= 11 is 6.12. The molecule has 84 valence electrons. The molecule has 16 heavy (non-hydrogen) atoms. The summed E-state index contributed by atoms with van der Waals surface area (Å²) in [5.74, 6) is 0.798. The Labute approximate surface area is 99.6 Å². The van der Waals surface area contributed by atoms with Crippen LogP contribution in [0.4, 0.5) is 0 Å². The van der Waals surface area contributed by atoms with Crippen LogP contribution in [0.5, 0.6) is 5.75 Å². The highest BCUT2D eigenvalue weighted by atomic mass is 35.5. The molecule has 3 nitrogen and oxygen atoms in total. The first-order chi connectivity index (χ1) is 7.81. The van der Waals surface area contributed by atoms with Gasteiger partial charge in [0.2, 0.25) is 0 Å². The minimum atomic E-state index is 0.623. The summed E-state index contributed by atoms with van der Waals surface area (Å²) in [5.41, 5.74) is 4.17. The predicted octanol–water partition coefficient (Wildman–Crippen LogP) is 2.89. The first-order valence-electron chi connectivity index (χ1n) is 4.99. The zero-order chi connectivity index (χ0) is 11.4. The Balaban J connectivity index is 2.14. The number of hydrogen-bond acceptors (Lipinski definition) is 2. The first kappa shape index (κ1) is 10.9. The van der Waals surface area contributed by atoms with E-state index in [1.807, 2.05) is 47.4 Å².